The number of aromatic amines is 1. The average Bonchev–Trinajstić information content (AvgIpc) is 3.43. The van der Waals surface area contributed by atoms with E-state index < -0.39 is 0 Å². The molecule has 1 N–H and O–H groups in total. The molecule has 1 aliphatic rings. The third kappa shape index (κ3) is 3.71. The number of piperidine rings is 1. The van der Waals surface area contributed by atoms with Gasteiger partial charge >= 0.3 is 0 Å². The van der Waals surface area contributed by atoms with Gasteiger partial charge in [0.15, 0.2) is 0 Å². The van der Waals surface area contributed by atoms with Gasteiger partial charge in [-0.2, -0.15) is 5.10 Å². The van der Waals surface area contributed by atoms with Gasteiger partial charge in [-0.3, -0.25) is 4.79 Å². The SMILES string of the molecule is CCN1CCC(N(C)C(=O)c2cnc(-c3cnn(-c4ccccc4)c3)[nH]2)CC1. The van der Waals surface area contributed by atoms with E-state index in [-0.39, 0.29) is 11.9 Å². The van der Waals surface area contributed by atoms with Gasteiger partial charge in [-0.05, 0) is 31.5 Å². The van der Waals surface area contributed by atoms with Gasteiger partial charge in [-0.1, -0.05) is 25.1 Å². The highest BCUT2D eigenvalue weighted by Crippen LogP contribution is 2.20. The molecular formula is C21H26N6O. The molecule has 0 bridgehead atoms. The lowest BCUT2D eigenvalue weighted by Crippen LogP contribution is -2.45. The summed E-state index contributed by atoms with van der Waals surface area (Å²) >= 11 is 0. The van der Waals surface area contributed by atoms with Crippen LogP contribution in [0.2, 0.25) is 0 Å². The largest absolute Gasteiger partial charge is 0.337 e. The molecule has 3 aromatic rings. The molecule has 1 saturated heterocycles. The summed E-state index contributed by atoms with van der Waals surface area (Å²) in [5, 5.41) is 4.40. The van der Waals surface area contributed by atoms with Gasteiger partial charge in [0.1, 0.15) is 11.5 Å². The molecule has 4 rings (SSSR count). The zero-order valence-electron chi connectivity index (χ0n) is 16.4. The van der Waals surface area contributed by atoms with Crippen molar-refractivity contribution in [3.05, 3.63) is 54.6 Å². The van der Waals surface area contributed by atoms with Crippen molar-refractivity contribution >= 4 is 5.91 Å². The minimum atomic E-state index is -0.0100. The summed E-state index contributed by atoms with van der Waals surface area (Å²) in [6.45, 7) is 5.35. The van der Waals surface area contributed by atoms with Crippen molar-refractivity contribution in [2.45, 2.75) is 25.8 Å². The summed E-state index contributed by atoms with van der Waals surface area (Å²) < 4.78 is 1.80. The number of benzene rings is 1. The second-order valence-electron chi connectivity index (χ2n) is 7.24. The molecule has 0 atom stereocenters. The maximum Gasteiger partial charge on any atom is 0.271 e. The van der Waals surface area contributed by atoms with E-state index in [1.165, 1.54) is 0 Å². The van der Waals surface area contributed by atoms with Crippen LogP contribution < -0.4 is 0 Å². The summed E-state index contributed by atoms with van der Waals surface area (Å²) in [7, 11) is 1.89. The molecule has 7 nitrogen and oxygen atoms in total. The summed E-state index contributed by atoms with van der Waals surface area (Å²) in [6, 6.07) is 10.2. The van der Waals surface area contributed by atoms with Crippen LogP contribution in [0.4, 0.5) is 0 Å². The standard InChI is InChI=1S/C21H26N6O/c1-3-26-11-9-17(10-12-26)25(2)21(28)19-14-22-20(24-19)16-13-23-27(15-16)18-7-5-4-6-8-18/h4-8,13-15,17H,3,9-12H2,1-2H3,(H,22,24). The second kappa shape index (κ2) is 7.98. The summed E-state index contributed by atoms with van der Waals surface area (Å²) in [4.78, 5) is 24.7. The number of aromatic nitrogens is 4. The number of nitrogens with zero attached hydrogens (tertiary/aromatic N) is 5. The molecule has 0 spiro atoms. The van der Waals surface area contributed by atoms with Gasteiger partial charge < -0.3 is 14.8 Å². The maximum absolute atomic E-state index is 12.9. The molecule has 7 heteroatoms. The predicted octanol–water partition coefficient (Wildman–Crippen LogP) is 2.82. The zero-order chi connectivity index (χ0) is 19.5. The Kier molecular flexibility index (Phi) is 5.25. The van der Waals surface area contributed by atoms with Crippen molar-refractivity contribution in [3.8, 4) is 17.1 Å². The van der Waals surface area contributed by atoms with E-state index in [1.807, 2.05) is 48.5 Å². The number of carbonyl (C=O) groups is 1. The Labute approximate surface area is 165 Å². The zero-order valence-corrected chi connectivity index (χ0v) is 16.4. The van der Waals surface area contributed by atoms with E-state index >= 15 is 0 Å². The molecule has 0 aliphatic carbocycles. The highest BCUT2D eigenvalue weighted by molar-refractivity contribution is 5.92. The van der Waals surface area contributed by atoms with E-state index in [4.69, 9.17) is 0 Å². The van der Waals surface area contributed by atoms with Crippen molar-refractivity contribution < 1.29 is 4.79 Å². The van der Waals surface area contributed by atoms with Gasteiger partial charge in [0.05, 0.1) is 23.6 Å². The average molecular weight is 378 g/mol. The fourth-order valence-corrected chi connectivity index (χ4v) is 3.72. The van der Waals surface area contributed by atoms with Crippen LogP contribution in [0.15, 0.2) is 48.9 Å². The minimum Gasteiger partial charge on any atom is -0.337 e. The van der Waals surface area contributed by atoms with E-state index in [0.717, 1.165) is 43.7 Å². The first-order valence-electron chi connectivity index (χ1n) is 9.80. The van der Waals surface area contributed by atoms with Crippen LogP contribution in [-0.2, 0) is 0 Å². The Hall–Kier alpha value is -2.93. The van der Waals surface area contributed by atoms with Gasteiger partial charge in [0, 0.05) is 32.4 Å². The van der Waals surface area contributed by atoms with Crippen molar-refractivity contribution in [1.82, 2.24) is 29.5 Å². The highest BCUT2D eigenvalue weighted by Gasteiger charge is 2.26. The number of amides is 1. The van der Waals surface area contributed by atoms with Crippen molar-refractivity contribution in [1.29, 1.82) is 0 Å². The maximum atomic E-state index is 12.9. The molecule has 1 aromatic carbocycles. The number of hydrogen-bond acceptors (Lipinski definition) is 4. The number of imidazole rings is 1. The Morgan fingerprint density at radius 3 is 2.68 bits per heavy atom. The Morgan fingerprint density at radius 1 is 1.21 bits per heavy atom. The molecule has 1 fully saturated rings. The third-order valence-electron chi connectivity index (χ3n) is 5.56. The van der Waals surface area contributed by atoms with E-state index in [1.54, 1.807) is 17.1 Å². The third-order valence-corrected chi connectivity index (χ3v) is 5.56. The fourth-order valence-electron chi connectivity index (χ4n) is 3.72. The van der Waals surface area contributed by atoms with Crippen molar-refractivity contribution in [3.63, 3.8) is 0 Å². The van der Waals surface area contributed by atoms with Crippen LogP contribution >= 0.6 is 0 Å². The van der Waals surface area contributed by atoms with Crippen molar-refractivity contribution in [2.24, 2.45) is 0 Å². The van der Waals surface area contributed by atoms with Crippen LogP contribution in [0.5, 0.6) is 0 Å². The lowest BCUT2D eigenvalue weighted by molar-refractivity contribution is 0.0641. The van der Waals surface area contributed by atoms with Crippen LogP contribution in [0.25, 0.3) is 17.1 Å². The first kappa shape index (κ1) is 18.4. The summed E-state index contributed by atoms with van der Waals surface area (Å²) in [6.07, 6.45) is 7.31. The normalized spacial score (nSPS) is 15.6. The summed E-state index contributed by atoms with van der Waals surface area (Å²) in [5.41, 5.74) is 2.35. The van der Waals surface area contributed by atoms with Gasteiger partial charge in [-0.15, -0.1) is 0 Å². The molecular weight excluding hydrogens is 352 g/mol. The number of para-hydroxylation sites is 1. The quantitative estimate of drug-likeness (QED) is 0.741. The van der Waals surface area contributed by atoms with Gasteiger partial charge in [0.2, 0.25) is 0 Å². The van der Waals surface area contributed by atoms with Crippen LogP contribution in [-0.4, -0.2) is 68.2 Å². The second-order valence-corrected chi connectivity index (χ2v) is 7.24. The molecule has 146 valence electrons. The molecule has 2 aromatic heterocycles. The highest BCUT2D eigenvalue weighted by atomic mass is 16.2. The molecule has 0 saturated carbocycles. The number of H-pyrrole nitrogens is 1. The van der Waals surface area contributed by atoms with Crippen LogP contribution in [0.3, 0.4) is 0 Å². The lowest BCUT2D eigenvalue weighted by Gasteiger charge is -2.36. The Morgan fingerprint density at radius 2 is 1.96 bits per heavy atom. The monoisotopic (exact) mass is 378 g/mol. The van der Waals surface area contributed by atoms with E-state index in [0.29, 0.717) is 11.5 Å². The van der Waals surface area contributed by atoms with Gasteiger partial charge in [-0.25, -0.2) is 9.67 Å². The van der Waals surface area contributed by atoms with Crippen molar-refractivity contribution in [2.75, 3.05) is 26.7 Å². The van der Waals surface area contributed by atoms with Crippen LogP contribution in [0.1, 0.15) is 30.3 Å². The predicted molar refractivity (Wildman–Crippen MR) is 108 cm³/mol. The molecule has 0 unspecified atom stereocenters. The number of hydrogen-bond donors (Lipinski definition) is 1. The summed E-state index contributed by atoms with van der Waals surface area (Å²) in [5.74, 6) is 0.642. The molecule has 1 aliphatic heterocycles. The Bertz CT molecular complexity index is 923. The Balaban J connectivity index is 1.45. The topological polar surface area (TPSA) is 70.0 Å². The first-order chi connectivity index (χ1) is 13.7. The number of carbonyl (C=O) groups excluding carboxylic acids is 1. The lowest BCUT2D eigenvalue weighted by atomic mass is 10.0. The molecule has 1 amide bonds. The smallest absolute Gasteiger partial charge is 0.271 e. The van der Waals surface area contributed by atoms with Crippen LogP contribution in [0, 0.1) is 0 Å². The molecule has 3 heterocycles. The van der Waals surface area contributed by atoms with E-state index in [9.17, 15) is 4.79 Å². The first-order valence-corrected chi connectivity index (χ1v) is 9.80. The number of nitrogens with one attached hydrogen (secondary N) is 1. The number of likely N-dealkylation sites (tertiary alicyclic amines) is 1. The number of rotatable bonds is 5. The minimum absolute atomic E-state index is 0.0100. The molecule has 0 radical (unpaired) electrons. The van der Waals surface area contributed by atoms with Gasteiger partial charge in [0.25, 0.3) is 5.91 Å². The fraction of sp³-hybridized carbons (Fsp3) is 0.381. The molecule has 28 heavy (non-hydrogen) atoms. The van der Waals surface area contributed by atoms with E-state index in [2.05, 4.69) is 26.9 Å².